The van der Waals surface area contributed by atoms with E-state index in [4.69, 9.17) is 0 Å². The van der Waals surface area contributed by atoms with Gasteiger partial charge in [-0.2, -0.15) is 0 Å². The molecule has 0 bridgehead atoms. The van der Waals surface area contributed by atoms with E-state index in [0.717, 1.165) is 24.1 Å². The number of anilines is 1. The third-order valence-corrected chi connectivity index (χ3v) is 6.84. The zero-order valence-corrected chi connectivity index (χ0v) is 15.6. The van der Waals surface area contributed by atoms with Gasteiger partial charge in [0.1, 0.15) is 6.04 Å². The van der Waals surface area contributed by atoms with Crippen LogP contribution in [-0.4, -0.2) is 23.0 Å². The summed E-state index contributed by atoms with van der Waals surface area (Å²) < 4.78 is 0. The van der Waals surface area contributed by atoms with E-state index in [9.17, 15) is 4.79 Å². The molecule has 2 aromatic rings. The number of carbonyl (C=O) groups excluding carboxylic acids is 1. The van der Waals surface area contributed by atoms with Gasteiger partial charge in [-0.1, -0.05) is 25.0 Å². The molecule has 3 N–H and O–H groups in total. The molecule has 5 nitrogen and oxygen atoms in total. The monoisotopic (exact) mass is 368 g/mol. The molecule has 1 amide bonds. The summed E-state index contributed by atoms with van der Waals surface area (Å²) in [7, 11) is 0. The lowest BCUT2D eigenvalue weighted by Gasteiger charge is -2.26. The van der Waals surface area contributed by atoms with E-state index in [2.05, 4.69) is 39.4 Å². The van der Waals surface area contributed by atoms with E-state index in [1.54, 1.807) is 0 Å². The first-order chi connectivity index (χ1) is 12.8. The molecule has 1 aromatic carbocycles. The van der Waals surface area contributed by atoms with Crippen LogP contribution >= 0.6 is 11.3 Å². The highest BCUT2D eigenvalue weighted by Crippen LogP contribution is 2.32. The van der Waals surface area contributed by atoms with Gasteiger partial charge < -0.3 is 5.32 Å². The Morgan fingerprint density at radius 2 is 2.00 bits per heavy atom. The van der Waals surface area contributed by atoms with Crippen molar-refractivity contribution in [2.75, 3.05) is 5.32 Å². The number of fused-ring (bicyclic) bond motifs is 2. The van der Waals surface area contributed by atoms with Gasteiger partial charge in [0.25, 0.3) is 0 Å². The number of rotatable bonds is 3. The summed E-state index contributed by atoms with van der Waals surface area (Å²) in [6.45, 7) is 0. The van der Waals surface area contributed by atoms with Crippen LogP contribution in [0.5, 0.6) is 0 Å². The maximum absolute atomic E-state index is 12.7. The zero-order chi connectivity index (χ0) is 17.5. The van der Waals surface area contributed by atoms with Crippen LogP contribution in [0.1, 0.15) is 43.2 Å². The number of hydrogen-bond acceptors (Lipinski definition) is 5. The largest absolute Gasteiger partial charge is 0.301 e. The lowest BCUT2D eigenvalue weighted by molar-refractivity contribution is -0.118. The predicted octanol–water partition coefficient (Wildman–Crippen LogP) is 3.27. The second kappa shape index (κ2) is 6.76. The highest BCUT2D eigenvalue weighted by atomic mass is 32.1. The minimum absolute atomic E-state index is 0.0294. The Morgan fingerprint density at radius 1 is 1.12 bits per heavy atom. The van der Waals surface area contributed by atoms with Crippen molar-refractivity contribution in [3.05, 3.63) is 34.7 Å². The van der Waals surface area contributed by atoms with E-state index >= 15 is 0 Å². The van der Waals surface area contributed by atoms with Gasteiger partial charge in [0.05, 0.1) is 5.69 Å². The highest BCUT2D eigenvalue weighted by Gasteiger charge is 2.41. The van der Waals surface area contributed by atoms with Crippen LogP contribution < -0.4 is 16.2 Å². The molecule has 0 radical (unpaired) electrons. The van der Waals surface area contributed by atoms with Crippen LogP contribution in [0.2, 0.25) is 0 Å². The number of nitrogens with one attached hydrogen (secondary N) is 3. The van der Waals surface area contributed by atoms with Gasteiger partial charge in [0, 0.05) is 22.9 Å². The van der Waals surface area contributed by atoms with Gasteiger partial charge in [0.2, 0.25) is 5.91 Å². The standard InChI is InChI=1S/C20H24N4OS/c25-19(18-15-6-1-2-7-16(15)23-24-18)22-20-21-17(11-26-20)14-9-8-12-4-3-5-13(12)10-14/h8-11,15-16,18,23-24H,1-7H2,(H,21,22,25). The van der Waals surface area contributed by atoms with E-state index in [1.807, 2.05) is 5.38 Å². The maximum Gasteiger partial charge on any atom is 0.244 e. The molecule has 3 unspecified atom stereocenters. The van der Waals surface area contributed by atoms with Gasteiger partial charge in [-0.15, -0.1) is 11.3 Å². The number of thiazole rings is 1. The fourth-order valence-electron chi connectivity index (χ4n) is 4.68. The van der Waals surface area contributed by atoms with Crippen molar-refractivity contribution in [3.8, 4) is 11.3 Å². The SMILES string of the molecule is O=C(Nc1nc(-c2ccc3c(c2)CCC3)cs1)C1NNC2CCCCC21. The second-order valence-corrected chi connectivity index (χ2v) is 8.54. The molecule has 1 saturated heterocycles. The predicted molar refractivity (Wildman–Crippen MR) is 104 cm³/mol. The average Bonchev–Trinajstić information content (AvgIpc) is 3.39. The van der Waals surface area contributed by atoms with Crippen molar-refractivity contribution in [3.63, 3.8) is 0 Å². The van der Waals surface area contributed by atoms with Crippen molar-refractivity contribution < 1.29 is 4.79 Å². The number of nitrogens with zero attached hydrogens (tertiary/aromatic N) is 1. The number of amides is 1. The van der Waals surface area contributed by atoms with Crippen molar-refractivity contribution >= 4 is 22.4 Å². The number of aromatic nitrogens is 1. The fourth-order valence-corrected chi connectivity index (χ4v) is 5.40. The van der Waals surface area contributed by atoms with Crippen LogP contribution in [0.4, 0.5) is 5.13 Å². The Bertz CT molecular complexity index is 833. The molecule has 1 aliphatic heterocycles. The summed E-state index contributed by atoms with van der Waals surface area (Å²) >= 11 is 1.50. The molecular formula is C20H24N4OS. The summed E-state index contributed by atoms with van der Waals surface area (Å²) in [5.74, 6) is 0.418. The van der Waals surface area contributed by atoms with Gasteiger partial charge in [-0.25, -0.2) is 10.4 Å². The van der Waals surface area contributed by atoms with Crippen molar-refractivity contribution in [2.45, 2.75) is 57.0 Å². The van der Waals surface area contributed by atoms with Crippen molar-refractivity contribution in [1.82, 2.24) is 15.8 Å². The van der Waals surface area contributed by atoms with E-state index < -0.39 is 0 Å². The van der Waals surface area contributed by atoms with Gasteiger partial charge >= 0.3 is 0 Å². The van der Waals surface area contributed by atoms with Crippen LogP contribution in [0.3, 0.4) is 0 Å². The first-order valence-corrected chi connectivity index (χ1v) is 10.6. The van der Waals surface area contributed by atoms with Gasteiger partial charge in [-0.05, 0) is 49.3 Å². The number of hydrogen-bond donors (Lipinski definition) is 3. The summed E-state index contributed by atoms with van der Waals surface area (Å²) in [6.07, 6.45) is 8.34. The molecule has 2 aliphatic carbocycles. The van der Waals surface area contributed by atoms with Crippen molar-refractivity contribution in [2.24, 2.45) is 5.92 Å². The summed E-state index contributed by atoms with van der Waals surface area (Å²) in [5.41, 5.74) is 11.5. The number of hydrazine groups is 1. The molecule has 1 aromatic heterocycles. The Hall–Kier alpha value is -1.76. The zero-order valence-electron chi connectivity index (χ0n) is 14.8. The van der Waals surface area contributed by atoms with Crippen LogP contribution in [0.25, 0.3) is 11.3 Å². The smallest absolute Gasteiger partial charge is 0.244 e. The van der Waals surface area contributed by atoms with Crippen molar-refractivity contribution in [1.29, 1.82) is 0 Å². The quantitative estimate of drug-likeness (QED) is 0.778. The molecular weight excluding hydrogens is 344 g/mol. The molecule has 2 fully saturated rings. The summed E-state index contributed by atoms with van der Waals surface area (Å²) in [6, 6.07) is 6.91. The minimum atomic E-state index is -0.160. The van der Waals surface area contributed by atoms with E-state index in [-0.39, 0.29) is 11.9 Å². The van der Waals surface area contributed by atoms with E-state index in [0.29, 0.717) is 17.1 Å². The minimum Gasteiger partial charge on any atom is -0.301 e. The third kappa shape index (κ3) is 2.96. The second-order valence-electron chi connectivity index (χ2n) is 7.69. The maximum atomic E-state index is 12.7. The Labute approximate surface area is 157 Å². The molecule has 3 atom stereocenters. The molecule has 0 spiro atoms. The normalized spacial score (nSPS) is 27.2. The fraction of sp³-hybridized carbons (Fsp3) is 0.500. The number of aryl methyl sites for hydroxylation is 2. The molecule has 26 heavy (non-hydrogen) atoms. The van der Waals surface area contributed by atoms with Gasteiger partial charge in [-0.3, -0.25) is 10.2 Å². The number of carbonyl (C=O) groups is 1. The first kappa shape index (κ1) is 16.4. The molecule has 1 saturated carbocycles. The van der Waals surface area contributed by atoms with Crippen LogP contribution in [-0.2, 0) is 17.6 Å². The van der Waals surface area contributed by atoms with Crippen LogP contribution in [0.15, 0.2) is 23.6 Å². The van der Waals surface area contributed by atoms with Crippen LogP contribution in [0, 0.1) is 5.92 Å². The first-order valence-electron chi connectivity index (χ1n) is 9.67. The topological polar surface area (TPSA) is 66.0 Å². The molecule has 5 rings (SSSR count). The highest BCUT2D eigenvalue weighted by molar-refractivity contribution is 7.14. The Balaban J connectivity index is 1.29. The Kier molecular flexibility index (Phi) is 4.27. The van der Waals surface area contributed by atoms with E-state index in [1.165, 1.54) is 54.6 Å². The summed E-state index contributed by atoms with van der Waals surface area (Å²) in [4.78, 5) is 17.4. The third-order valence-electron chi connectivity index (χ3n) is 6.08. The Morgan fingerprint density at radius 3 is 2.96 bits per heavy atom. The van der Waals surface area contributed by atoms with Gasteiger partial charge in [0.15, 0.2) is 5.13 Å². The number of benzene rings is 1. The lowest BCUT2D eigenvalue weighted by atomic mass is 9.81. The molecule has 136 valence electrons. The summed E-state index contributed by atoms with van der Waals surface area (Å²) in [5, 5.41) is 5.75. The molecule has 2 heterocycles. The lowest BCUT2D eigenvalue weighted by Crippen LogP contribution is -2.42. The average molecular weight is 369 g/mol. The molecule has 6 heteroatoms. The molecule has 3 aliphatic rings.